The number of nitrogens with zero attached hydrogens (tertiary/aromatic N) is 5. The van der Waals surface area contributed by atoms with Gasteiger partial charge in [-0.25, -0.2) is 14.6 Å². The standard InChI is InChI=1S/C36H44N8O6S/c1-50-26-15-13-22(14-16-26)29-30(32-37-17-18-51-32)42-44(41-29)25-19-28-31(45)40-36(34(47)48)20-23(36)9-5-3-2-4-6-12-27(33(46)43(28)21-25)39-35(49)38-24-10-7-8-11-24/h5,9,13-18,23-25,27-28H,2-4,6-8,10-12,19-21H2,1H3,(H,40,45)(H,47,48)(H2,38,39,49)/b9-5-/t23-,25-,27+,28+,36-/m1/s1. The summed E-state index contributed by atoms with van der Waals surface area (Å²) in [7, 11) is 1.60. The molecule has 0 unspecified atom stereocenters. The Morgan fingerprint density at radius 2 is 1.78 bits per heavy atom. The van der Waals surface area contributed by atoms with Crippen molar-refractivity contribution in [3.05, 3.63) is 48.0 Å². The van der Waals surface area contributed by atoms with Crippen LogP contribution in [0.1, 0.15) is 76.7 Å². The lowest BCUT2D eigenvalue weighted by Gasteiger charge is -2.30. The Bertz CT molecular complexity index is 1770. The average Bonchev–Trinajstić information content (AvgIpc) is 3.77. The Morgan fingerprint density at radius 1 is 1.02 bits per heavy atom. The second kappa shape index (κ2) is 14.8. The monoisotopic (exact) mass is 716 g/mol. The smallest absolute Gasteiger partial charge is 0.330 e. The Kier molecular flexibility index (Phi) is 10.1. The normalized spacial score (nSPS) is 27.7. The van der Waals surface area contributed by atoms with Crippen molar-refractivity contribution in [2.75, 3.05) is 13.7 Å². The highest BCUT2D eigenvalue weighted by Crippen LogP contribution is 2.46. The molecule has 4 N–H and O–H groups in total. The van der Waals surface area contributed by atoms with Crippen LogP contribution in [0.5, 0.6) is 5.75 Å². The van der Waals surface area contributed by atoms with Gasteiger partial charge < -0.3 is 30.7 Å². The van der Waals surface area contributed by atoms with Crippen molar-refractivity contribution < 1.29 is 29.0 Å². The second-order valence-electron chi connectivity index (χ2n) is 14.0. The van der Waals surface area contributed by atoms with Gasteiger partial charge in [0.05, 0.1) is 13.2 Å². The maximum absolute atomic E-state index is 14.5. The van der Waals surface area contributed by atoms with Gasteiger partial charge in [-0.2, -0.15) is 9.90 Å². The number of carbonyl (C=O) groups excluding carboxylic acids is 3. The molecule has 0 bridgehead atoms. The van der Waals surface area contributed by atoms with Crippen LogP contribution in [0, 0.1) is 5.92 Å². The first-order valence-electron chi connectivity index (χ1n) is 17.9. The first-order chi connectivity index (χ1) is 24.8. The quantitative estimate of drug-likeness (QED) is 0.259. The summed E-state index contributed by atoms with van der Waals surface area (Å²) in [6.45, 7) is 0.0940. The third-order valence-electron chi connectivity index (χ3n) is 10.6. The van der Waals surface area contributed by atoms with Gasteiger partial charge in [0, 0.05) is 42.1 Å². The van der Waals surface area contributed by atoms with Gasteiger partial charge in [0.1, 0.15) is 39.8 Å². The van der Waals surface area contributed by atoms with Gasteiger partial charge in [-0.05, 0) is 62.8 Å². The van der Waals surface area contributed by atoms with Gasteiger partial charge in [-0.15, -0.1) is 16.4 Å². The van der Waals surface area contributed by atoms with E-state index in [4.69, 9.17) is 14.9 Å². The van der Waals surface area contributed by atoms with Crippen molar-refractivity contribution >= 4 is 35.2 Å². The predicted molar refractivity (Wildman–Crippen MR) is 189 cm³/mol. The molecule has 3 fully saturated rings. The fourth-order valence-electron chi connectivity index (χ4n) is 7.61. The van der Waals surface area contributed by atoms with Crippen LogP contribution in [0.4, 0.5) is 4.79 Å². The summed E-state index contributed by atoms with van der Waals surface area (Å²) in [5.74, 6) is -1.67. The van der Waals surface area contributed by atoms with Gasteiger partial charge in [-0.1, -0.05) is 37.8 Å². The first-order valence-corrected chi connectivity index (χ1v) is 18.7. The highest BCUT2D eigenvalue weighted by molar-refractivity contribution is 7.13. The maximum Gasteiger partial charge on any atom is 0.330 e. The molecule has 7 rings (SSSR count). The number of urea groups is 1. The molecule has 270 valence electrons. The van der Waals surface area contributed by atoms with Gasteiger partial charge in [-0.3, -0.25) is 9.59 Å². The molecule has 5 atom stereocenters. The molecule has 3 aromatic rings. The molecule has 2 aliphatic carbocycles. The van der Waals surface area contributed by atoms with Crippen LogP contribution in [0.2, 0.25) is 0 Å². The number of allylic oxidation sites excluding steroid dienone is 1. The van der Waals surface area contributed by atoms with E-state index < -0.39 is 41.6 Å². The molecule has 4 amide bonds. The van der Waals surface area contributed by atoms with E-state index in [1.807, 2.05) is 41.8 Å². The molecule has 0 radical (unpaired) electrons. The minimum atomic E-state index is -1.43. The molecule has 1 aromatic carbocycles. The summed E-state index contributed by atoms with van der Waals surface area (Å²) in [5, 5.41) is 31.3. The topological polar surface area (TPSA) is 181 Å². The highest BCUT2D eigenvalue weighted by Gasteiger charge is 2.61. The van der Waals surface area contributed by atoms with E-state index in [0.717, 1.165) is 50.5 Å². The van der Waals surface area contributed by atoms with Crippen LogP contribution in [0.3, 0.4) is 0 Å². The molecule has 2 aromatic heterocycles. The molecule has 14 nitrogen and oxygen atoms in total. The fourth-order valence-corrected chi connectivity index (χ4v) is 8.24. The van der Waals surface area contributed by atoms with E-state index in [0.29, 0.717) is 35.0 Å². The maximum atomic E-state index is 14.5. The number of amides is 4. The van der Waals surface area contributed by atoms with Gasteiger partial charge in [0.2, 0.25) is 11.8 Å². The summed E-state index contributed by atoms with van der Waals surface area (Å²) in [6.07, 6.45) is 13.5. The average molecular weight is 717 g/mol. The summed E-state index contributed by atoms with van der Waals surface area (Å²) < 4.78 is 5.34. The molecule has 15 heteroatoms. The number of methoxy groups -OCH3 is 1. The second-order valence-corrected chi connectivity index (χ2v) is 14.9. The lowest BCUT2D eigenvalue weighted by Crippen LogP contribution is -2.57. The zero-order valence-electron chi connectivity index (χ0n) is 28.6. The van der Waals surface area contributed by atoms with Crippen LogP contribution in [0.15, 0.2) is 48.0 Å². The summed E-state index contributed by atoms with van der Waals surface area (Å²) in [4.78, 5) is 61.9. The zero-order chi connectivity index (χ0) is 35.5. The van der Waals surface area contributed by atoms with Crippen molar-refractivity contribution in [2.24, 2.45) is 5.92 Å². The van der Waals surface area contributed by atoms with Crippen molar-refractivity contribution in [1.29, 1.82) is 0 Å². The predicted octanol–water partition coefficient (Wildman–Crippen LogP) is 4.31. The van der Waals surface area contributed by atoms with Crippen molar-refractivity contribution in [3.63, 3.8) is 0 Å². The third-order valence-corrected chi connectivity index (χ3v) is 11.4. The minimum absolute atomic E-state index is 0.0698. The number of hydrogen-bond donors (Lipinski definition) is 4. The van der Waals surface area contributed by atoms with Gasteiger partial charge in [0.25, 0.3) is 0 Å². The lowest BCUT2D eigenvalue weighted by molar-refractivity contribution is -0.145. The highest BCUT2D eigenvalue weighted by atomic mass is 32.1. The molecular weight excluding hydrogens is 673 g/mol. The van der Waals surface area contributed by atoms with E-state index in [-0.39, 0.29) is 37.3 Å². The third kappa shape index (κ3) is 7.34. The number of aliphatic carboxylic acids is 1. The Labute approximate surface area is 300 Å². The Hall–Kier alpha value is -4.79. The summed E-state index contributed by atoms with van der Waals surface area (Å²) >= 11 is 1.42. The summed E-state index contributed by atoms with van der Waals surface area (Å²) in [6, 6.07) is 4.74. The molecule has 1 saturated heterocycles. The molecule has 2 saturated carbocycles. The van der Waals surface area contributed by atoms with E-state index in [1.54, 1.807) is 18.1 Å². The van der Waals surface area contributed by atoms with E-state index in [9.17, 15) is 24.3 Å². The van der Waals surface area contributed by atoms with Crippen LogP contribution < -0.4 is 20.7 Å². The van der Waals surface area contributed by atoms with E-state index >= 15 is 0 Å². The van der Waals surface area contributed by atoms with Crippen LogP contribution in [-0.4, -0.2) is 91.1 Å². The van der Waals surface area contributed by atoms with Gasteiger partial charge >= 0.3 is 12.0 Å². The van der Waals surface area contributed by atoms with Crippen molar-refractivity contribution in [2.45, 2.75) is 100 Å². The summed E-state index contributed by atoms with van der Waals surface area (Å²) in [5.41, 5.74) is 0.523. The largest absolute Gasteiger partial charge is 0.497 e. The number of carbonyl (C=O) groups is 4. The fraction of sp³-hybridized carbons (Fsp3) is 0.528. The molecule has 51 heavy (non-hydrogen) atoms. The van der Waals surface area contributed by atoms with Crippen molar-refractivity contribution in [3.8, 4) is 27.7 Å². The van der Waals surface area contributed by atoms with Crippen molar-refractivity contribution in [1.82, 2.24) is 40.8 Å². The number of carboxylic acids is 1. The number of nitrogens with one attached hydrogen (secondary N) is 3. The first kappa shape index (κ1) is 34.6. The number of thiazole rings is 1. The SMILES string of the molecule is COc1ccc(-c2nn([C@@H]3C[C@H]4C(=O)N[C@]5(C(=O)O)C[C@H]5/C=C\CCCCC[C@H](NC(=O)NC5CCCC5)C(=O)N4C3)nc2-c2nccs2)cc1. The zero-order valence-corrected chi connectivity index (χ0v) is 29.4. The number of ether oxygens (including phenoxy) is 1. The molecular formula is C36H44N8O6S. The Balaban J connectivity index is 1.21. The number of carboxylic acid groups (broad SMARTS) is 1. The van der Waals surface area contributed by atoms with E-state index in [1.165, 1.54) is 16.2 Å². The van der Waals surface area contributed by atoms with Gasteiger partial charge in [0.15, 0.2) is 0 Å². The molecule has 0 spiro atoms. The number of aromatic nitrogens is 4. The number of rotatable bonds is 7. The number of fused-ring (bicyclic) bond motifs is 2. The lowest BCUT2D eigenvalue weighted by atomic mass is 10.0. The number of hydrogen-bond acceptors (Lipinski definition) is 9. The minimum Gasteiger partial charge on any atom is -0.497 e. The van der Waals surface area contributed by atoms with Crippen LogP contribution >= 0.6 is 11.3 Å². The van der Waals surface area contributed by atoms with Crippen LogP contribution in [-0.2, 0) is 14.4 Å². The molecule has 4 aliphatic rings. The number of benzene rings is 1. The van der Waals surface area contributed by atoms with Crippen LogP contribution in [0.25, 0.3) is 22.0 Å². The van der Waals surface area contributed by atoms with E-state index in [2.05, 4.69) is 20.9 Å². The molecule has 4 heterocycles. The molecule has 2 aliphatic heterocycles. The Morgan fingerprint density at radius 3 is 2.51 bits per heavy atom.